The summed E-state index contributed by atoms with van der Waals surface area (Å²) in [5, 5.41) is 64.7. The summed E-state index contributed by atoms with van der Waals surface area (Å²) in [5.74, 6) is 21.0. The number of hydrogen-bond acceptors (Lipinski definition) is 6. The monoisotopic (exact) mass is 1870 g/mol. The highest BCUT2D eigenvalue weighted by Gasteiger charge is 2.68. The van der Waals surface area contributed by atoms with E-state index >= 15 is 8.78 Å². The van der Waals surface area contributed by atoms with E-state index in [1.807, 2.05) is 13.8 Å². The van der Waals surface area contributed by atoms with E-state index in [0.717, 1.165) is 182 Å². The van der Waals surface area contributed by atoms with Crippen LogP contribution in [-0.4, -0.2) is 88.3 Å². The van der Waals surface area contributed by atoms with Crippen molar-refractivity contribution in [1.29, 1.82) is 0 Å². The average molecular weight is 1880 g/mol. The molecule has 0 saturated heterocycles. The molecule has 6 N–H and O–H groups in total. The van der Waals surface area contributed by atoms with E-state index in [-0.39, 0.29) is 18.4 Å². The van der Waals surface area contributed by atoms with Crippen LogP contribution in [0.4, 0.5) is 8.78 Å². The lowest BCUT2D eigenvalue weighted by molar-refractivity contribution is -0.144. The van der Waals surface area contributed by atoms with Crippen LogP contribution in [0.3, 0.4) is 0 Å². The molecule has 20 aliphatic carbocycles. The summed E-state index contributed by atoms with van der Waals surface area (Å²) in [6.45, 7) is 64.0. The van der Waals surface area contributed by atoms with E-state index in [9.17, 15) is 30.6 Å². The molecular formula is C116H188Br2F2O6. The van der Waals surface area contributed by atoms with Crippen LogP contribution in [0.2, 0.25) is 0 Å². The number of halogens is 4. The Morgan fingerprint density at radius 1 is 0.254 bits per heavy atom. The number of alkyl halides is 4. The Bertz CT molecular complexity index is 3840. The number of aliphatic hydroxyl groups is 6. The van der Waals surface area contributed by atoms with Gasteiger partial charge in [0.15, 0.2) is 0 Å². The van der Waals surface area contributed by atoms with Gasteiger partial charge in [0.2, 0.25) is 0 Å². The van der Waals surface area contributed by atoms with Crippen LogP contribution in [0, 0.1) is 221 Å². The summed E-state index contributed by atoms with van der Waals surface area (Å²) < 4.78 is 30.3. The van der Waals surface area contributed by atoms with E-state index in [1.54, 1.807) is 0 Å². The zero-order chi connectivity index (χ0) is 91.3. The first-order valence-corrected chi connectivity index (χ1v) is 55.9. The van der Waals surface area contributed by atoms with Crippen molar-refractivity contribution in [2.75, 3.05) is 17.3 Å². The molecule has 6 nitrogen and oxygen atoms in total. The molecular weight excluding hydrogens is 1690 g/mol. The summed E-state index contributed by atoms with van der Waals surface area (Å²) in [6, 6.07) is 0. The van der Waals surface area contributed by atoms with E-state index in [0.29, 0.717) is 133 Å². The fourth-order valence-corrected chi connectivity index (χ4v) is 41.7. The fraction of sp³-hybridized carbons (Fsp3) is 0.914. The van der Waals surface area contributed by atoms with Crippen molar-refractivity contribution in [2.24, 2.45) is 221 Å². The van der Waals surface area contributed by atoms with E-state index < -0.39 is 40.3 Å². The summed E-state index contributed by atoms with van der Waals surface area (Å²) in [5.41, 5.74) is 7.19. The van der Waals surface area contributed by atoms with Crippen molar-refractivity contribution >= 4 is 31.9 Å². The molecule has 0 heterocycles. The maximum atomic E-state index is 15.2. The summed E-state index contributed by atoms with van der Waals surface area (Å²) >= 11 is 7.30. The van der Waals surface area contributed by atoms with Gasteiger partial charge < -0.3 is 30.6 Å². The molecule has 20 aliphatic rings. The molecule has 20 fully saturated rings. The molecule has 0 amide bonds. The third-order valence-electron chi connectivity index (χ3n) is 46.7. The van der Waals surface area contributed by atoms with Crippen LogP contribution in [0.15, 0.2) is 60.8 Å². The first kappa shape index (κ1) is 98.3. The van der Waals surface area contributed by atoms with Crippen LogP contribution < -0.4 is 0 Å². The van der Waals surface area contributed by atoms with Crippen LogP contribution in [0.1, 0.15) is 381 Å². The first-order valence-electron chi connectivity index (χ1n) is 53.7. The minimum atomic E-state index is -0.709. The third-order valence-corrected chi connectivity index (χ3v) is 48.1. The highest BCUT2D eigenvalue weighted by molar-refractivity contribution is 9.09. The molecule has 126 heavy (non-hydrogen) atoms. The molecule has 10 heteroatoms. The molecule has 0 aromatic carbocycles. The average Bonchev–Trinajstić information content (AvgIpc) is 1.38. The van der Waals surface area contributed by atoms with Gasteiger partial charge in [0.25, 0.3) is 0 Å². The predicted molar refractivity (Wildman–Crippen MR) is 526 cm³/mol. The summed E-state index contributed by atoms with van der Waals surface area (Å²) in [4.78, 5) is 0. The lowest BCUT2D eigenvalue weighted by atomic mass is 9.44. The first-order chi connectivity index (χ1) is 58.7. The van der Waals surface area contributed by atoms with Gasteiger partial charge in [-0.2, -0.15) is 0 Å². The van der Waals surface area contributed by atoms with Gasteiger partial charge in [-0.15, -0.1) is 0 Å². The summed E-state index contributed by atoms with van der Waals surface area (Å²) in [7, 11) is 0. The van der Waals surface area contributed by atoms with Gasteiger partial charge in [-0.05, 0) is 532 Å². The number of allylic oxidation sites excluding steroid dienone is 4. The number of aliphatic hydroxyl groups excluding tert-OH is 1. The Balaban J connectivity index is 0.000000116. The van der Waals surface area contributed by atoms with Gasteiger partial charge in [0.05, 0.1) is 34.6 Å². The van der Waals surface area contributed by atoms with Gasteiger partial charge in [-0.1, -0.05) is 163 Å². The second kappa shape index (κ2) is 35.3. The van der Waals surface area contributed by atoms with Crippen LogP contribution in [0.25, 0.3) is 0 Å². The van der Waals surface area contributed by atoms with Crippen LogP contribution in [-0.2, 0) is 0 Å². The van der Waals surface area contributed by atoms with E-state index in [1.165, 1.54) is 189 Å². The standard InChI is InChI=1S/C24H39BrO.C24H40O2.C24H40O.C22H34BrFO.C22H35FO/c2*1-15(14-25)19-6-7-20-18-12-22(2,3)21-13-23(4,26)10-8-17(21)16(18)9-11-24(19,20)5;1-15(2)19-7-8-20-18-13-22(3,4)21-14-23(5,25)11-9-17(21)16(18)10-12-24(19,20)6;1-13(12-23)18-4-5-19-16-10-20(24)17-11-21(2,25)8-6-15(17)14(16)7-9-22(18,19)3;1-13(2)18-5-6-19-16-11-20(23)17-12-21(3,24)9-7-15(17)14(16)8-10-22(18,19)4/h16-21,26H,1,6-14H2,2-5H3;16-21,25-26H,1,6-14H2,2-5H3;16-21,25H,1,7-14H2,2-6H3;14-20,25H,1,4-12H2,2-3H3;14-20,24H,1,5-12H2,2-4H3/t3*16-,17-,18-,19-,20+,21+,23-,24-;2*14-,15-,16-,17+,18-,19+,20-,21-,22-/m11111/s1. The summed E-state index contributed by atoms with van der Waals surface area (Å²) in [6.07, 6.45) is 45.8. The molecule has 20 saturated carbocycles. The predicted octanol–water partition coefficient (Wildman–Crippen LogP) is 29.4. The molecule has 42 atom stereocenters. The Morgan fingerprint density at radius 3 is 0.730 bits per heavy atom. The Morgan fingerprint density at radius 2 is 0.468 bits per heavy atom. The molecule has 0 aromatic heterocycles. The minimum absolute atomic E-state index is 0.101. The minimum Gasteiger partial charge on any atom is -0.392 e. The highest BCUT2D eigenvalue weighted by Crippen LogP contribution is 2.75. The molecule has 0 radical (unpaired) electrons. The molecule has 0 spiro atoms. The lowest BCUT2D eigenvalue weighted by Gasteiger charge is -2.61. The topological polar surface area (TPSA) is 121 Å². The fourth-order valence-electron chi connectivity index (χ4n) is 41.0. The maximum absolute atomic E-state index is 15.2. The van der Waals surface area contributed by atoms with Gasteiger partial charge in [0.1, 0.15) is 12.3 Å². The zero-order valence-corrected chi connectivity index (χ0v) is 86.8. The van der Waals surface area contributed by atoms with Crippen molar-refractivity contribution in [1.82, 2.24) is 0 Å². The van der Waals surface area contributed by atoms with Crippen LogP contribution in [0.5, 0.6) is 0 Å². The van der Waals surface area contributed by atoms with Crippen molar-refractivity contribution in [3.05, 3.63) is 60.8 Å². The van der Waals surface area contributed by atoms with E-state index in [2.05, 4.69) is 176 Å². The molecule has 0 bridgehead atoms. The highest BCUT2D eigenvalue weighted by atomic mass is 79.9. The van der Waals surface area contributed by atoms with Crippen molar-refractivity contribution in [3.8, 4) is 0 Å². The molecule has 716 valence electrons. The zero-order valence-electron chi connectivity index (χ0n) is 83.6. The van der Waals surface area contributed by atoms with Gasteiger partial charge in [-0.3, -0.25) is 0 Å². The van der Waals surface area contributed by atoms with Gasteiger partial charge >= 0.3 is 0 Å². The Hall–Kier alpha value is -0.720. The van der Waals surface area contributed by atoms with Crippen molar-refractivity contribution in [3.63, 3.8) is 0 Å². The third kappa shape index (κ3) is 17.5. The largest absolute Gasteiger partial charge is 0.392 e. The smallest absolute Gasteiger partial charge is 0.104 e. The molecule has 0 unspecified atom stereocenters. The van der Waals surface area contributed by atoms with Crippen molar-refractivity contribution < 1.29 is 39.4 Å². The van der Waals surface area contributed by atoms with E-state index in [4.69, 9.17) is 0 Å². The maximum Gasteiger partial charge on any atom is 0.104 e. The quantitative estimate of drug-likeness (QED) is 0.106. The SMILES string of the molecule is C=C(C)[C@H]1CC[C@H]2[C@@H]3CC(C)(C)[C@H]4C[C@](C)(O)CC[C@@H]4[C@H]3CC[C@]12C.C=C(C)[C@H]1CC[C@H]2[C@@H]3C[C@@H](F)[C@H]4C[C@](C)(O)CC[C@@H]4[C@H]3CC[C@]12C.C=C(CBr)[C@H]1CC[C@H]2[C@@H]3CC(C)(C)[C@H]4C[C@](C)(O)CC[C@@H]4[C@H]3CC[C@]12C.C=C(CBr)[C@H]1CC[C@H]2[C@@H]3C[C@@H](F)[C@H]4C[C@](C)(O)CC[C@@H]4[C@H]3CC[C@]12C.C=C(CO)[C@H]1CC[C@H]2[C@@H]3CC(C)(C)[C@H]4C[C@](C)(O)CC[C@@H]4[C@H]3CC[C@]12C. The van der Waals surface area contributed by atoms with Gasteiger partial charge in [0, 0.05) is 10.7 Å². The second-order valence-electron chi connectivity index (χ2n) is 55.4. The Kier molecular flexibility index (Phi) is 27.6. The normalized spacial score (nSPS) is 54.3. The number of rotatable bonds is 8. The molecule has 20 rings (SSSR count). The second-order valence-corrected chi connectivity index (χ2v) is 56.5. The molecule has 0 aromatic rings. The Labute approximate surface area is 786 Å². The van der Waals surface area contributed by atoms with Crippen molar-refractivity contribution in [2.45, 2.75) is 422 Å². The molecule has 0 aliphatic heterocycles. The number of hydrogen-bond donors (Lipinski definition) is 6. The lowest BCUT2D eigenvalue weighted by Crippen LogP contribution is -2.55. The van der Waals surface area contributed by atoms with Gasteiger partial charge in [-0.25, -0.2) is 8.78 Å². The number of fused-ring (bicyclic) bond motifs is 25. The van der Waals surface area contributed by atoms with Crippen LogP contribution >= 0.6 is 31.9 Å².